The second kappa shape index (κ2) is 6.84. The van der Waals surface area contributed by atoms with Crippen molar-refractivity contribution in [3.8, 4) is 11.1 Å². The maximum Gasteiger partial charge on any atom is 0.255 e. The van der Waals surface area contributed by atoms with Crippen molar-refractivity contribution in [1.29, 1.82) is 0 Å². The van der Waals surface area contributed by atoms with Crippen molar-refractivity contribution < 1.29 is 4.79 Å². The molecule has 1 amide bonds. The number of piperidine rings is 1. The number of amides is 1. The Morgan fingerprint density at radius 2 is 2.16 bits per heavy atom. The fourth-order valence-corrected chi connectivity index (χ4v) is 4.49. The number of H-pyrrole nitrogens is 1. The van der Waals surface area contributed by atoms with Crippen molar-refractivity contribution >= 4 is 17.2 Å². The maximum atomic E-state index is 13.2. The van der Waals surface area contributed by atoms with E-state index in [0.717, 1.165) is 48.4 Å². The fourth-order valence-electron chi connectivity index (χ4n) is 3.63. The summed E-state index contributed by atoms with van der Waals surface area (Å²) < 4.78 is 0. The van der Waals surface area contributed by atoms with Crippen molar-refractivity contribution in [2.75, 3.05) is 13.1 Å². The molecule has 4 rings (SSSR count). The van der Waals surface area contributed by atoms with E-state index in [1.165, 1.54) is 4.88 Å². The second-order valence-corrected chi connectivity index (χ2v) is 7.60. The van der Waals surface area contributed by atoms with E-state index in [4.69, 9.17) is 0 Å². The molecule has 3 aromatic rings. The van der Waals surface area contributed by atoms with Crippen LogP contribution >= 0.6 is 11.3 Å². The minimum Gasteiger partial charge on any atom is -0.348 e. The van der Waals surface area contributed by atoms with Crippen molar-refractivity contribution in [3.63, 3.8) is 0 Å². The third-order valence-corrected chi connectivity index (χ3v) is 5.79. The van der Waals surface area contributed by atoms with Crippen LogP contribution < -0.4 is 0 Å². The number of imidazole rings is 1. The number of hydrogen-bond acceptors (Lipinski definition) is 3. The topological polar surface area (TPSA) is 49.0 Å². The highest BCUT2D eigenvalue weighted by molar-refractivity contribution is 7.10. The normalized spacial score (nSPS) is 17.6. The molecular formula is C20H21N3OS. The average Bonchev–Trinajstić information content (AvgIpc) is 3.32. The van der Waals surface area contributed by atoms with Crippen LogP contribution in [-0.2, 0) is 0 Å². The molecule has 128 valence electrons. The molecule has 25 heavy (non-hydrogen) atoms. The van der Waals surface area contributed by atoms with Gasteiger partial charge in [-0.3, -0.25) is 4.79 Å². The third kappa shape index (κ3) is 3.12. The van der Waals surface area contributed by atoms with Gasteiger partial charge in [-0.15, -0.1) is 11.3 Å². The molecule has 3 heterocycles. The number of hydrogen-bond donors (Lipinski definition) is 1. The molecule has 0 saturated carbocycles. The van der Waals surface area contributed by atoms with Gasteiger partial charge in [-0.1, -0.05) is 30.3 Å². The predicted octanol–water partition coefficient (Wildman–Crippen LogP) is 4.47. The molecular weight excluding hydrogens is 330 g/mol. The van der Waals surface area contributed by atoms with Gasteiger partial charge >= 0.3 is 0 Å². The molecule has 1 N–H and O–H groups in total. The molecule has 0 aliphatic carbocycles. The van der Waals surface area contributed by atoms with Crippen molar-refractivity contribution in [1.82, 2.24) is 14.9 Å². The molecule has 0 radical (unpaired) electrons. The quantitative estimate of drug-likeness (QED) is 0.757. The first-order chi connectivity index (χ1) is 12.2. The van der Waals surface area contributed by atoms with Crippen molar-refractivity contribution in [3.05, 3.63) is 64.4 Å². The highest BCUT2D eigenvalue weighted by atomic mass is 32.1. The van der Waals surface area contributed by atoms with Crippen LogP contribution in [0.25, 0.3) is 11.1 Å². The number of likely N-dealkylation sites (tertiary alicyclic amines) is 1. The van der Waals surface area contributed by atoms with Crippen LogP contribution in [0.3, 0.4) is 0 Å². The molecule has 4 nitrogen and oxygen atoms in total. The van der Waals surface area contributed by atoms with Crippen molar-refractivity contribution in [2.24, 2.45) is 0 Å². The highest BCUT2D eigenvalue weighted by Crippen LogP contribution is 2.34. The molecule has 1 aromatic carbocycles. The van der Waals surface area contributed by atoms with Crippen LogP contribution in [0.2, 0.25) is 0 Å². The van der Waals surface area contributed by atoms with Gasteiger partial charge < -0.3 is 9.88 Å². The van der Waals surface area contributed by atoms with Gasteiger partial charge in [0, 0.05) is 47.2 Å². The number of thiophene rings is 1. The summed E-state index contributed by atoms with van der Waals surface area (Å²) in [6.45, 7) is 3.64. The van der Waals surface area contributed by atoms with Crippen LogP contribution in [0.15, 0.2) is 48.1 Å². The Kier molecular flexibility index (Phi) is 4.40. The Balaban J connectivity index is 1.61. The fraction of sp³-hybridized carbons (Fsp3) is 0.300. The molecule has 1 aliphatic heterocycles. The average molecular weight is 351 g/mol. The first kappa shape index (κ1) is 16.1. The number of benzene rings is 1. The molecule has 1 saturated heterocycles. The molecule has 0 unspecified atom stereocenters. The molecule has 1 atom stereocenters. The summed E-state index contributed by atoms with van der Waals surface area (Å²) in [5.41, 5.74) is 3.02. The van der Waals surface area contributed by atoms with E-state index < -0.39 is 0 Å². The molecule has 0 bridgehead atoms. The smallest absolute Gasteiger partial charge is 0.255 e. The maximum absolute atomic E-state index is 13.2. The Morgan fingerprint density at radius 1 is 1.32 bits per heavy atom. The lowest BCUT2D eigenvalue weighted by molar-refractivity contribution is 0.0706. The lowest BCUT2D eigenvalue weighted by atomic mass is 9.95. The Labute approximate surface area is 151 Å². The Bertz CT molecular complexity index is 854. The van der Waals surface area contributed by atoms with Crippen LogP contribution in [-0.4, -0.2) is 33.9 Å². The number of aromatic nitrogens is 2. The number of rotatable bonds is 3. The zero-order valence-corrected chi connectivity index (χ0v) is 15.1. The molecule has 2 aromatic heterocycles. The number of carbonyl (C=O) groups is 1. The summed E-state index contributed by atoms with van der Waals surface area (Å²) in [4.78, 5) is 24.0. The number of aromatic amines is 1. The monoisotopic (exact) mass is 351 g/mol. The standard InChI is InChI=1S/C20H21N3OS/c1-14-18(15-6-3-2-4-7-15)17(13-25-14)20(24)23-11-5-8-16(12-23)19-21-9-10-22-19/h2-4,6-7,9-10,13,16H,5,8,11-12H2,1H3,(H,21,22)/t16-/m0/s1. The van der Waals surface area contributed by atoms with Gasteiger partial charge in [0.05, 0.1) is 5.56 Å². The van der Waals surface area contributed by atoms with Gasteiger partial charge in [0.25, 0.3) is 5.91 Å². The van der Waals surface area contributed by atoms with E-state index in [0.29, 0.717) is 5.92 Å². The van der Waals surface area contributed by atoms with E-state index >= 15 is 0 Å². The van der Waals surface area contributed by atoms with E-state index in [-0.39, 0.29) is 5.91 Å². The molecule has 1 fully saturated rings. The largest absolute Gasteiger partial charge is 0.348 e. The van der Waals surface area contributed by atoms with Crippen LogP contribution in [0, 0.1) is 6.92 Å². The Morgan fingerprint density at radius 3 is 2.92 bits per heavy atom. The third-order valence-electron chi connectivity index (χ3n) is 4.88. The number of carbonyl (C=O) groups excluding carboxylic acids is 1. The summed E-state index contributed by atoms with van der Waals surface area (Å²) in [6, 6.07) is 10.2. The van der Waals surface area contributed by atoms with Gasteiger partial charge in [-0.2, -0.15) is 0 Å². The van der Waals surface area contributed by atoms with E-state index in [2.05, 4.69) is 29.0 Å². The Hall–Kier alpha value is -2.40. The number of nitrogens with zero attached hydrogens (tertiary/aromatic N) is 2. The van der Waals surface area contributed by atoms with Gasteiger partial charge in [-0.25, -0.2) is 4.98 Å². The zero-order chi connectivity index (χ0) is 17.2. The summed E-state index contributed by atoms with van der Waals surface area (Å²) in [5, 5.41) is 2.01. The van der Waals surface area contributed by atoms with E-state index in [1.54, 1.807) is 17.5 Å². The van der Waals surface area contributed by atoms with E-state index in [9.17, 15) is 4.79 Å². The molecule has 5 heteroatoms. The van der Waals surface area contributed by atoms with Gasteiger partial charge in [0.15, 0.2) is 0 Å². The van der Waals surface area contributed by atoms with Gasteiger partial charge in [0.1, 0.15) is 5.82 Å². The molecule has 0 spiro atoms. The summed E-state index contributed by atoms with van der Waals surface area (Å²) in [5.74, 6) is 1.43. The first-order valence-corrected chi connectivity index (χ1v) is 9.54. The minimum atomic E-state index is 0.138. The minimum absolute atomic E-state index is 0.138. The van der Waals surface area contributed by atoms with Crippen molar-refractivity contribution in [2.45, 2.75) is 25.7 Å². The second-order valence-electron chi connectivity index (χ2n) is 6.51. The summed E-state index contributed by atoms with van der Waals surface area (Å²) in [6.07, 6.45) is 5.73. The predicted molar refractivity (Wildman–Crippen MR) is 101 cm³/mol. The SMILES string of the molecule is Cc1scc(C(=O)N2CCC[C@H](c3ncc[nH]3)C2)c1-c1ccccc1. The first-order valence-electron chi connectivity index (χ1n) is 8.66. The highest BCUT2D eigenvalue weighted by Gasteiger charge is 2.29. The zero-order valence-electron chi connectivity index (χ0n) is 14.2. The van der Waals surface area contributed by atoms with Gasteiger partial charge in [-0.05, 0) is 25.3 Å². The van der Waals surface area contributed by atoms with Gasteiger partial charge in [0.2, 0.25) is 0 Å². The summed E-state index contributed by atoms with van der Waals surface area (Å²) in [7, 11) is 0. The lowest BCUT2D eigenvalue weighted by Crippen LogP contribution is -2.39. The van der Waals surface area contributed by atoms with Crippen LogP contribution in [0.1, 0.15) is 39.8 Å². The molecule has 1 aliphatic rings. The lowest BCUT2D eigenvalue weighted by Gasteiger charge is -2.32. The number of aryl methyl sites for hydroxylation is 1. The van der Waals surface area contributed by atoms with E-state index in [1.807, 2.05) is 34.7 Å². The number of nitrogens with one attached hydrogen (secondary N) is 1. The van der Waals surface area contributed by atoms with Crippen LogP contribution in [0.4, 0.5) is 0 Å². The summed E-state index contributed by atoms with van der Waals surface area (Å²) >= 11 is 1.65. The van der Waals surface area contributed by atoms with Crippen LogP contribution in [0.5, 0.6) is 0 Å².